The lowest BCUT2D eigenvalue weighted by Crippen LogP contribution is -2.12. The van der Waals surface area contributed by atoms with Crippen molar-refractivity contribution in [3.8, 4) is 0 Å². The lowest BCUT2D eigenvalue weighted by atomic mass is 10.0. The molecule has 0 aliphatic heterocycles. The Hall–Kier alpha value is -0.280. The van der Waals surface area contributed by atoms with Crippen molar-refractivity contribution in [3.63, 3.8) is 0 Å². The van der Waals surface area contributed by atoms with E-state index in [9.17, 15) is 0 Å². The number of hydrogen-bond donors (Lipinski definition) is 2. The molecule has 0 amide bonds. The molecule has 1 rings (SSSR count). The van der Waals surface area contributed by atoms with Crippen LogP contribution in [0.3, 0.4) is 0 Å². The largest absolute Gasteiger partial charge is 0.330 e. The van der Waals surface area contributed by atoms with Gasteiger partial charge in [-0.3, -0.25) is 0 Å². The Morgan fingerprint density at radius 2 is 2.07 bits per heavy atom. The first kappa shape index (κ1) is 13.7. The van der Waals surface area contributed by atoms with Crippen molar-refractivity contribution in [2.75, 3.05) is 6.54 Å². The zero-order chi connectivity index (χ0) is 9.68. The first-order chi connectivity index (χ1) is 6.24. The van der Waals surface area contributed by atoms with E-state index in [0.717, 1.165) is 23.4 Å². The van der Waals surface area contributed by atoms with E-state index in [2.05, 4.69) is 0 Å². The third-order valence-corrected chi connectivity index (χ3v) is 2.23. The molecule has 1 aromatic rings. The second-order valence-electron chi connectivity index (χ2n) is 3.09. The summed E-state index contributed by atoms with van der Waals surface area (Å²) in [4.78, 5) is 0. The highest BCUT2D eigenvalue weighted by atomic mass is 35.5. The molecule has 0 fully saturated rings. The van der Waals surface area contributed by atoms with Crippen LogP contribution in [0.5, 0.6) is 0 Å². The standard InChI is InChI=1S/C10H15ClN2.ClH/c11-9-4-1-3-8(7-9)10(13)5-2-6-12;/h1,3-4,7,10H,2,5-6,12-13H2;1H/t10-;/m1./s1. The van der Waals surface area contributed by atoms with Crippen molar-refractivity contribution in [2.24, 2.45) is 11.5 Å². The second-order valence-corrected chi connectivity index (χ2v) is 3.53. The van der Waals surface area contributed by atoms with E-state index in [-0.39, 0.29) is 18.4 Å². The Balaban J connectivity index is 0.00000169. The molecule has 14 heavy (non-hydrogen) atoms. The molecule has 1 atom stereocenters. The second kappa shape index (κ2) is 7.07. The lowest BCUT2D eigenvalue weighted by molar-refractivity contribution is 0.618. The van der Waals surface area contributed by atoms with Crippen LogP contribution < -0.4 is 11.5 Å². The first-order valence-electron chi connectivity index (χ1n) is 4.45. The van der Waals surface area contributed by atoms with Gasteiger partial charge in [0.15, 0.2) is 0 Å². The number of benzene rings is 1. The maximum atomic E-state index is 5.94. The molecule has 0 aliphatic carbocycles. The van der Waals surface area contributed by atoms with E-state index in [0.29, 0.717) is 6.54 Å². The van der Waals surface area contributed by atoms with Crippen molar-refractivity contribution in [1.29, 1.82) is 0 Å². The molecule has 2 nitrogen and oxygen atoms in total. The summed E-state index contributed by atoms with van der Waals surface area (Å²) in [7, 11) is 0. The highest BCUT2D eigenvalue weighted by molar-refractivity contribution is 6.30. The molecular weight excluding hydrogens is 219 g/mol. The van der Waals surface area contributed by atoms with Gasteiger partial charge in [0.05, 0.1) is 0 Å². The van der Waals surface area contributed by atoms with Crippen molar-refractivity contribution in [1.82, 2.24) is 0 Å². The quantitative estimate of drug-likeness (QED) is 0.842. The number of rotatable bonds is 4. The average Bonchev–Trinajstić information content (AvgIpc) is 2.14. The van der Waals surface area contributed by atoms with Crippen LogP contribution in [0.15, 0.2) is 24.3 Å². The van der Waals surface area contributed by atoms with E-state index in [1.807, 2.05) is 24.3 Å². The molecule has 0 radical (unpaired) electrons. The van der Waals surface area contributed by atoms with Crippen LogP contribution >= 0.6 is 24.0 Å². The zero-order valence-corrected chi connectivity index (χ0v) is 9.52. The van der Waals surface area contributed by atoms with E-state index in [1.54, 1.807) is 0 Å². The van der Waals surface area contributed by atoms with Crippen molar-refractivity contribution < 1.29 is 0 Å². The van der Waals surface area contributed by atoms with Gasteiger partial charge in [0, 0.05) is 11.1 Å². The smallest absolute Gasteiger partial charge is 0.0409 e. The van der Waals surface area contributed by atoms with Crippen LogP contribution in [0, 0.1) is 0 Å². The van der Waals surface area contributed by atoms with Crippen LogP contribution in [0.25, 0.3) is 0 Å². The molecular formula is C10H16Cl2N2. The van der Waals surface area contributed by atoms with Crippen LogP contribution in [-0.2, 0) is 0 Å². The number of nitrogens with two attached hydrogens (primary N) is 2. The van der Waals surface area contributed by atoms with E-state index >= 15 is 0 Å². The van der Waals surface area contributed by atoms with Gasteiger partial charge in [-0.2, -0.15) is 0 Å². The molecule has 0 saturated heterocycles. The average molecular weight is 235 g/mol. The summed E-state index contributed by atoms with van der Waals surface area (Å²) < 4.78 is 0. The van der Waals surface area contributed by atoms with Crippen molar-refractivity contribution in [3.05, 3.63) is 34.9 Å². The minimum absolute atomic E-state index is 0. The van der Waals surface area contributed by atoms with Crippen LogP contribution in [0.2, 0.25) is 5.02 Å². The monoisotopic (exact) mass is 234 g/mol. The van der Waals surface area contributed by atoms with E-state index in [1.165, 1.54) is 0 Å². The molecule has 4 heteroatoms. The van der Waals surface area contributed by atoms with Crippen LogP contribution in [-0.4, -0.2) is 6.54 Å². The summed E-state index contributed by atoms with van der Waals surface area (Å²) in [5, 5.41) is 0.737. The lowest BCUT2D eigenvalue weighted by Gasteiger charge is -2.11. The summed E-state index contributed by atoms with van der Waals surface area (Å²) in [5.41, 5.74) is 12.4. The number of hydrogen-bond acceptors (Lipinski definition) is 2. The predicted molar refractivity (Wildman–Crippen MR) is 63.9 cm³/mol. The van der Waals surface area contributed by atoms with Gasteiger partial charge in [0.25, 0.3) is 0 Å². The Kier molecular flexibility index (Phi) is 6.93. The predicted octanol–water partition coefficient (Wildman–Crippen LogP) is 2.50. The molecule has 0 heterocycles. The molecule has 0 saturated carbocycles. The molecule has 1 aromatic carbocycles. The fourth-order valence-electron chi connectivity index (χ4n) is 1.24. The van der Waals surface area contributed by atoms with Gasteiger partial charge in [-0.1, -0.05) is 23.7 Å². The summed E-state index contributed by atoms with van der Waals surface area (Å²) in [5.74, 6) is 0. The molecule has 0 bridgehead atoms. The highest BCUT2D eigenvalue weighted by Crippen LogP contribution is 2.18. The minimum atomic E-state index is 0. The fraction of sp³-hybridized carbons (Fsp3) is 0.400. The van der Waals surface area contributed by atoms with Gasteiger partial charge < -0.3 is 11.5 Å². The van der Waals surface area contributed by atoms with Gasteiger partial charge >= 0.3 is 0 Å². The molecule has 0 aliphatic rings. The summed E-state index contributed by atoms with van der Waals surface area (Å²) in [6.07, 6.45) is 1.87. The van der Waals surface area contributed by atoms with Gasteiger partial charge in [-0.15, -0.1) is 12.4 Å². The first-order valence-corrected chi connectivity index (χ1v) is 4.83. The number of halogens is 2. The van der Waals surface area contributed by atoms with Crippen LogP contribution in [0.1, 0.15) is 24.4 Å². The molecule has 0 aromatic heterocycles. The summed E-state index contributed by atoms with van der Waals surface area (Å²) >= 11 is 5.84. The summed E-state index contributed by atoms with van der Waals surface area (Å²) in [6.45, 7) is 0.689. The molecule has 0 unspecified atom stereocenters. The van der Waals surface area contributed by atoms with Crippen LogP contribution in [0.4, 0.5) is 0 Å². The Bertz CT molecular complexity index is 266. The maximum Gasteiger partial charge on any atom is 0.0409 e. The van der Waals surface area contributed by atoms with Crippen molar-refractivity contribution >= 4 is 24.0 Å². The molecule has 0 spiro atoms. The molecule has 80 valence electrons. The van der Waals surface area contributed by atoms with E-state index in [4.69, 9.17) is 23.1 Å². The van der Waals surface area contributed by atoms with E-state index < -0.39 is 0 Å². The van der Waals surface area contributed by atoms with Crippen molar-refractivity contribution in [2.45, 2.75) is 18.9 Å². The fourth-order valence-corrected chi connectivity index (χ4v) is 1.44. The highest BCUT2D eigenvalue weighted by Gasteiger charge is 2.04. The van der Waals surface area contributed by atoms with Gasteiger partial charge in [-0.25, -0.2) is 0 Å². The normalized spacial score (nSPS) is 11.9. The summed E-state index contributed by atoms with van der Waals surface area (Å²) in [6, 6.07) is 7.72. The Morgan fingerprint density at radius 3 is 2.64 bits per heavy atom. The Labute approximate surface area is 96.0 Å². The maximum absolute atomic E-state index is 5.94. The van der Waals surface area contributed by atoms with Gasteiger partial charge in [0.1, 0.15) is 0 Å². The minimum Gasteiger partial charge on any atom is -0.330 e. The SMILES string of the molecule is Cl.NCCC[C@@H](N)c1cccc(Cl)c1. The Morgan fingerprint density at radius 1 is 1.36 bits per heavy atom. The van der Waals surface area contributed by atoms with Gasteiger partial charge in [0.2, 0.25) is 0 Å². The third-order valence-electron chi connectivity index (χ3n) is 2.00. The third kappa shape index (κ3) is 4.29. The zero-order valence-electron chi connectivity index (χ0n) is 7.95. The molecule has 4 N–H and O–H groups in total. The topological polar surface area (TPSA) is 52.0 Å². The van der Waals surface area contributed by atoms with Gasteiger partial charge in [-0.05, 0) is 37.1 Å².